The average Bonchev–Trinajstić information content (AvgIpc) is 2.95. The minimum atomic E-state index is -0.281. The van der Waals surface area contributed by atoms with Gasteiger partial charge in [0.25, 0.3) is 0 Å². The molecule has 2 aromatic rings. The van der Waals surface area contributed by atoms with Crippen molar-refractivity contribution in [2.24, 2.45) is 9.94 Å². The standard InChI is InChI=1S/C29H39BrN2O2/c1-27(2,3)22-15-20(16-23(25(22)34)28(4,5)6)24(33)18-32-26(31-30)21(17-29(32,7)8)14-19-12-10-9-11-13-19/h9-13,15-16,21,34H,14,17-18H2,1-8H3. The Bertz CT molecular complexity index is 1040. The number of amidine groups is 1. The Morgan fingerprint density at radius 3 is 2.06 bits per heavy atom. The summed E-state index contributed by atoms with van der Waals surface area (Å²) in [5.41, 5.74) is 2.77. The molecule has 2 aromatic carbocycles. The topological polar surface area (TPSA) is 52.9 Å². The molecule has 3 rings (SSSR count). The van der Waals surface area contributed by atoms with Gasteiger partial charge in [0.15, 0.2) is 5.78 Å². The van der Waals surface area contributed by atoms with E-state index in [0.29, 0.717) is 11.3 Å². The number of benzene rings is 2. The molecule has 1 atom stereocenters. The molecule has 0 amide bonds. The van der Waals surface area contributed by atoms with Gasteiger partial charge in [0.2, 0.25) is 0 Å². The number of Topliss-reactive ketones (excluding diaryl/α,β-unsaturated/α-hetero) is 1. The maximum Gasteiger partial charge on any atom is 0.182 e. The molecule has 1 heterocycles. The molecular formula is C29H39BrN2O2. The van der Waals surface area contributed by atoms with E-state index >= 15 is 0 Å². The number of hydrogen-bond donors (Lipinski definition) is 1. The summed E-state index contributed by atoms with van der Waals surface area (Å²) in [5.74, 6) is 1.49. The minimum absolute atomic E-state index is 0.0399. The van der Waals surface area contributed by atoms with Crippen molar-refractivity contribution in [3.63, 3.8) is 0 Å². The predicted octanol–water partition coefficient (Wildman–Crippen LogP) is 7.22. The van der Waals surface area contributed by atoms with Gasteiger partial charge in [0.05, 0.1) is 22.7 Å². The molecule has 0 aromatic heterocycles. The van der Waals surface area contributed by atoms with Gasteiger partial charge < -0.3 is 10.0 Å². The molecule has 1 aliphatic heterocycles. The minimum Gasteiger partial charge on any atom is -0.507 e. The Morgan fingerprint density at radius 2 is 1.59 bits per heavy atom. The first-order chi connectivity index (χ1) is 15.6. The number of aromatic hydroxyl groups is 1. The molecule has 0 radical (unpaired) electrons. The number of phenols is 1. The lowest BCUT2D eigenvalue weighted by Crippen LogP contribution is -2.44. The Balaban J connectivity index is 1.95. The van der Waals surface area contributed by atoms with Crippen molar-refractivity contribution in [3.8, 4) is 5.75 Å². The molecule has 1 unspecified atom stereocenters. The highest BCUT2D eigenvalue weighted by atomic mass is 79.9. The molecule has 0 aliphatic carbocycles. The maximum absolute atomic E-state index is 13.7. The number of carbonyl (C=O) groups is 1. The zero-order valence-electron chi connectivity index (χ0n) is 21.9. The molecule has 1 N–H and O–H groups in total. The highest BCUT2D eigenvalue weighted by Crippen LogP contribution is 2.41. The van der Waals surface area contributed by atoms with E-state index in [2.05, 4.69) is 105 Å². The van der Waals surface area contributed by atoms with E-state index < -0.39 is 0 Å². The van der Waals surface area contributed by atoms with Gasteiger partial charge in [0.1, 0.15) is 11.6 Å². The zero-order valence-corrected chi connectivity index (χ0v) is 23.5. The lowest BCUT2D eigenvalue weighted by Gasteiger charge is -2.33. The summed E-state index contributed by atoms with van der Waals surface area (Å²) >= 11 is 3.36. The van der Waals surface area contributed by atoms with Crippen molar-refractivity contribution in [2.75, 3.05) is 6.54 Å². The van der Waals surface area contributed by atoms with Crippen molar-refractivity contribution in [1.82, 2.24) is 4.90 Å². The summed E-state index contributed by atoms with van der Waals surface area (Å²) in [5, 5.41) is 11.0. The fraction of sp³-hybridized carbons (Fsp3) is 0.517. The molecule has 0 bridgehead atoms. The molecule has 34 heavy (non-hydrogen) atoms. The monoisotopic (exact) mass is 526 g/mol. The Hall–Kier alpha value is -2.14. The van der Waals surface area contributed by atoms with E-state index in [4.69, 9.17) is 0 Å². The zero-order chi connectivity index (χ0) is 25.5. The van der Waals surface area contributed by atoms with Crippen molar-refractivity contribution in [3.05, 3.63) is 64.7 Å². The Labute approximate surface area is 213 Å². The van der Waals surface area contributed by atoms with Crippen LogP contribution in [0.5, 0.6) is 5.75 Å². The van der Waals surface area contributed by atoms with Crippen molar-refractivity contribution < 1.29 is 9.90 Å². The fourth-order valence-corrected chi connectivity index (χ4v) is 5.46. The first kappa shape index (κ1) is 26.5. The summed E-state index contributed by atoms with van der Waals surface area (Å²) < 4.78 is 4.48. The first-order valence-electron chi connectivity index (χ1n) is 12.1. The van der Waals surface area contributed by atoms with E-state index in [1.54, 1.807) is 0 Å². The normalized spacial score (nSPS) is 19.6. The third-order valence-corrected chi connectivity index (χ3v) is 7.24. The maximum atomic E-state index is 13.7. The molecule has 184 valence electrons. The lowest BCUT2D eigenvalue weighted by atomic mass is 9.78. The quantitative estimate of drug-likeness (QED) is 0.418. The van der Waals surface area contributed by atoms with Gasteiger partial charge in [-0.15, -0.1) is 0 Å². The number of carbonyl (C=O) groups excluding carboxylic acids is 1. The van der Waals surface area contributed by atoms with Crippen LogP contribution in [0.25, 0.3) is 0 Å². The fourth-order valence-electron chi connectivity index (χ4n) is 4.98. The smallest absolute Gasteiger partial charge is 0.182 e. The lowest BCUT2D eigenvalue weighted by molar-refractivity contribution is 0.0926. The number of nitrogens with zero attached hydrogens (tertiary/aromatic N) is 2. The third-order valence-electron chi connectivity index (χ3n) is 6.88. The predicted molar refractivity (Wildman–Crippen MR) is 145 cm³/mol. The number of phenolic OH excluding ortho intramolecular Hbond substituents is 1. The number of rotatable bonds is 5. The van der Waals surface area contributed by atoms with E-state index in [9.17, 15) is 9.90 Å². The van der Waals surface area contributed by atoms with Gasteiger partial charge >= 0.3 is 0 Å². The summed E-state index contributed by atoms with van der Waals surface area (Å²) in [6.45, 7) is 17.0. The number of likely N-dealkylation sites (tertiary alicyclic amines) is 1. The van der Waals surface area contributed by atoms with Crippen LogP contribution < -0.4 is 0 Å². The number of hydrogen-bond acceptors (Lipinski definition) is 3. The molecule has 0 spiro atoms. The van der Waals surface area contributed by atoms with Crippen LogP contribution in [0.2, 0.25) is 0 Å². The van der Waals surface area contributed by atoms with Gasteiger partial charge in [-0.05, 0) is 55.2 Å². The van der Waals surface area contributed by atoms with Gasteiger partial charge in [0, 0.05) is 28.1 Å². The van der Waals surface area contributed by atoms with Crippen LogP contribution in [0, 0.1) is 5.92 Å². The molecule has 0 saturated carbocycles. The van der Waals surface area contributed by atoms with Gasteiger partial charge in [-0.25, -0.2) is 0 Å². The van der Waals surface area contributed by atoms with Gasteiger partial charge in [-0.3, -0.25) is 4.79 Å². The van der Waals surface area contributed by atoms with Crippen molar-refractivity contribution >= 4 is 27.8 Å². The van der Waals surface area contributed by atoms with Crippen LogP contribution >= 0.6 is 16.1 Å². The second-order valence-electron chi connectivity index (χ2n) is 12.3. The van der Waals surface area contributed by atoms with Gasteiger partial charge in [-0.2, -0.15) is 4.02 Å². The van der Waals surface area contributed by atoms with Gasteiger partial charge in [-0.1, -0.05) is 71.9 Å². The van der Waals surface area contributed by atoms with Crippen LogP contribution in [0.1, 0.15) is 88.9 Å². The molecule has 1 fully saturated rings. The van der Waals surface area contributed by atoms with Crippen LogP contribution in [0.15, 0.2) is 46.5 Å². The summed E-state index contributed by atoms with van der Waals surface area (Å²) in [4.78, 5) is 15.8. The summed E-state index contributed by atoms with van der Waals surface area (Å²) in [6.07, 6.45) is 1.82. The van der Waals surface area contributed by atoms with Crippen LogP contribution in [0.4, 0.5) is 0 Å². The summed E-state index contributed by atoms with van der Waals surface area (Å²) in [6, 6.07) is 14.2. The highest BCUT2D eigenvalue weighted by molar-refractivity contribution is 9.08. The molecule has 5 heteroatoms. The first-order valence-corrected chi connectivity index (χ1v) is 12.8. The molecule has 1 saturated heterocycles. The highest BCUT2D eigenvalue weighted by Gasteiger charge is 2.44. The van der Waals surface area contributed by atoms with Crippen LogP contribution in [-0.2, 0) is 17.3 Å². The second kappa shape index (κ2) is 9.49. The van der Waals surface area contributed by atoms with Crippen molar-refractivity contribution in [2.45, 2.75) is 84.6 Å². The molecule has 1 aliphatic rings. The van der Waals surface area contributed by atoms with Crippen molar-refractivity contribution in [1.29, 1.82) is 0 Å². The van der Waals surface area contributed by atoms with Crippen LogP contribution in [-0.4, -0.2) is 33.7 Å². The van der Waals surface area contributed by atoms with E-state index in [-0.39, 0.29) is 34.6 Å². The molecule has 4 nitrogen and oxygen atoms in total. The van der Waals surface area contributed by atoms with Crippen LogP contribution in [0.3, 0.4) is 0 Å². The average molecular weight is 528 g/mol. The SMILES string of the molecule is CC(C)(C)c1cc(C(=O)CN2C(=NBr)C(Cc3ccccc3)CC2(C)C)cc(C(C)(C)C)c1O. The second-order valence-corrected chi connectivity index (χ2v) is 12.6. The Kier molecular flexibility index (Phi) is 7.38. The summed E-state index contributed by atoms with van der Waals surface area (Å²) in [7, 11) is 0. The van der Waals surface area contributed by atoms with E-state index in [1.165, 1.54) is 5.56 Å². The Morgan fingerprint density at radius 1 is 1.06 bits per heavy atom. The molecular weight excluding hydrogens is 488 g/mol. The largest absolute Gasteiger partial charge is 0.507 e. The van der Waals surface area contributed by atoms with E-state index in [1.807, 2.05) is 18.2 Å². The number of ketones is 1. The van der Waals surface area contributed by atoms with E-state index in [0.717, 1.165) is 29.8 Å². The third kappa shape index (κ3) is 5.56. The number of halogens is 1.